The fraction of sp³-hybridized carbons (Fsp3) is 0.550. The minimum absolute atomic E-state index is 0.000817. The van der Waals surface area contributed by atoms with Crippen LogP contribution in [0.3, 0.4) is 0 Å². The molecular weight excluding hydrogens is 312 g/mol. The lowest BCUT2D eigenvalue weighted by atomic mass is 9.55. The van der Waals surface area contributed by atoms with Crippen LogP contribution in [0.25, 0.3) is 10.9 Å². The molecule has 4 aliphatic carbocycles. The van der Waals surface area contributed by atoms with Crippen LogP contribution < -0.4 is 11.0 Å². The zero-order valence-corrected chi connectivity index (χ0v) is 14.6. The topological polar surface area (TPSA) is 59.3 Å². The molecule has 0 amide bonds. The number of anilines is 1. The molecule has 0 spiro atoms. The number of para-hydroxylation sites is 1. The molecule has 5 heteroatoms. The van der Waals surface area contributed by atoms with Crippen LogP contribution in [0.4, 0.5) is 5.95 Å². The van der Waals surface area contributed by atoms with E-state index in [2.05, 4.69) is 10.4 Å². The lowest BCUT2D eigenvalue weighted by Crippen LogP contribution is -2.45. The van der Waals surface area contributed by atoms with Crippen molar-refractivity contribution in [1.29, 1.82) is 0 Å². The third-order valence-corrected chi connectivity index (χ3v) is 6.44. The summed E-state index contributed by atoms with van der Waals surface area (Å²) >= 11 is 0. The Kier molecular flexibility index (Phi) is 3.43. The summed E-state index contributed by atoms with van der Waals surface area (Å²) in [5.74, 6) is 3.70. The van der Waals surface area contributed by atoms with Gasteiger partial charge in [-0.15, -0.1) is 0 Å². The van der Waals surface area contributed by atoms with Crippen molar-refractivity contribution in [2.75, 3.05) is 5.43 Å². The summed E-state index contributed by atoms with van der Waals surface area (Å²) in [6.07, 6.45) is 6.66. The predicted octanol–water partition coefficient (Wildman–Crippen LogP) is 3.64. The number of nitrogens with zero attached hydrogens (tertiary/aromatic N) is 3. The number of hydrazone groups is 1. The summed E-state index contributed by atoms with van der Waals surface area (Å²) in [7, 11) is 0. The molecule has 4 aliphatic rings. The molecular formula is C20H24N4O. The quantitative estimate of drug-likeness (QED) is 0.871. The van der Waals surface area contributed by atoms with Crippen molar-refractivity contribution in [3.63, 3.8) is 0 Å². The largest absolute Gasteiger partial charge is 0.277 e. The SMILES string of the molecule is CCn1c(NN=C2C3CC4CC(C3)CC2C4)nc2ccccc2c1=O. The Balaban J connectivity index is 1.51. The zero-order valence-electron chi connectivity index (χ0n) is 14.6. The van der Waals surface area contributed by atoms with Gasteiger partial charge in [0.2, 0.25) is 5.95 Å². The summed E-state index contributed by atoms with van der Waals surface area (Å²) in [5.41, 5.74) is 5.22. The molecule has 5 nitrogen and oxygen atoms in total. The van der Waals surface area contributed by atoms with Crippen LogP contribution in [-0.4, -0.2) is 15.3 Å². The molecule has 1 aromatic heterocycles. The standard InChI is InChI=1S/C20H24N4O/c1-2-24-19(25)16-5-3-4-6-17(16)21-20(24)23-22-18-14-8-12-7-13(10-14)11-15(18)9-12/h3-6,12-15H,2,7-11H2,1H3,(H,21,23). The number of hydrogen-bond acceptors (Lipinski definition) is 4. The summed E-state index contributed by atoms with van der Waals surface area (Å²) in [6, 6.07) is 7.52. The van der Waals surface area contributed by atoms with Gasteiger partial charge in [-0.3, -0.25) is 9.36 Å². The Labute approximate surface area is 147 Å². The first kappa shape index (κ1) is 15.1. The smallest absolute Gasteiger partial charge is 0.262 e. The van der Waals surface area contributed by atoms with Gasteiger partial charge in [0.25, 0.3) is 5.56 Å². The average molecular weight is 336 g/mol. The molecule has 130 valence electrons. The second-order valence-corrected chi connectivity index (χ2v) is 7.95. The van der Waals surface area contributed by atoms with Crippen LogP contribution in [-0.2, 0) is 6.54 Å². The van der Waals surface area contributed by atoms with Gasteiger partial charge in [-0.05, 0) is 74.8 Å². The van der Waals surface area contributed by atoms with E-state index < -0.39 is 0 Å². The molecule has 0 radical (unpaired) electrons. The molecule has 1 aromatic carbocycles. The van der Waals surface area contributed by atoms with Gasteiger partial charge < -0.3 is 0 Å². The van der Waals surface area contributed by atoms with Gasteiger partial charge in [0, 0.05) is 12.3 Å². The lowest BCUT2D eigenvalue weighted by molar-refractivity contribution is 0.108. The highest BCUT2D eigenvalue weighted by atomic mass is 16.1. The van der Waals surface area contributed by atoms with Gasteiger partial charge in [-0.25, -0.2) is 10.4 Å². The van der Waals surface area contributed by atoms with E-state index in [0.29, 0.717) is 29.7 Å². The van der Waals surface area contributed by atoms with Crippen molar-refractivity contribution < 1.29 is 0 Å². The number of rotatable bonds is 3. The van der Waals surface area contributed by atoms with Crippen molar-refractivity contribution in [3.05, 3.63) is 34.6 Å². The van der Waals surface area contributed by atoms with E-state index in [1.165, 1.54) is 37.8 Å². The Morgan fingerprint density at radius 1 is 1.12 bits per heavy atom. The number of nitrogens with one attached hydrogen (secondary N) is 1. The van der Waals surface area contributed by atoms with E-state index in [1.54, 1.807) is 4.57 Å². The molecule has 1 heterocycles. The number of fused-ring (bicyclic) bond motifs is 1. The van der Waals surface area contributed by atoms with Gasteiger partial charge in [0.05, 0.1) is 10.9 Å². The fourth-order valence-corrected chi connectivity index (χ4v) is 5.51. The average Bonchev–Trinajstić information content (AvgIpc) is 2.61. The third kappa shape index (κ3) is 2.40. The van der Waals surface area contributed by atoms with Crippen molar-refractivity contribution >= 4 is 22.6 Å². The highest BCUT2D eigenvalue weighted by molar-refractivity contribution is 5.91. The molecule has 0 atom stereocenters. The monoisotopic (exact) mass is 336 g/mol. The van der Waals surface area contributed by atoms with Crippen LogP contribution in [0.1, 0.15) is 39.0 Å². The van der Waals surface area contributed by atoms with Gasteiger partial charge in [-0.1, -0.05) is 12.1 Å². The van der Waals surface area contributed by atoms with E-state index in [-0.39, 0.29) is 5.56 Å². The van der Waals surface area contributed by atoms with Crippen LogP contribution in [0.2, 0.25) is 0 Å². The number of hydrogen-bond donors (Lipinski definition) is 1. The third-order valence-electron chi connectivity index (χ3n) is 6.44. The maximum atomic E-state index is 12.7. The highest BCUT2D eigenvalue weighted by Gasteiger charge is 2.46. The minimum atomic E-state index is 0.000817. The first-order valence-corrected chi connectivity index (χ1v) is 9.56. The Hall–Kier alpha value is -2.17. The summed E-state index contributed by atoms with van der Waals surface area (Å²) in [4.78, 5) is 17.4. The maximum Gasteiger partial charge on any atom is 0.262 e. The van der Waals surface area contributed by atoms with E-state index >= 15 is 0 Å². The van der Waals surface area contributed by atoms with Gasteiger partial charge in [-0.2, -0.15) is 5.10 Å². The van der Waals surface area contributed by atoms with Crippen LogP contribution in [0, 0.1) is 23.7 Å². The van der Waals surface area contributed by atoms with Crippen molar-refractivity contribution in [2.45, 2.75) is 45.6 Å². The Morgan fingerprint density at radius 2 is 1.80 bits per heavy atom. The molecule has 4 fully saturated rings. The molecule has 0 saturated heterocycles. The molecule has 0 unspecified atom stereocenters. The molecule has 2 aromatic rings. The summed E-state index contributed by atoms with van der Waals surface area (Å²) in [5, 5.41) is 5.46. The summed E-state index contributed by atoms with van der Waals surface area (Å²) in [6.45, 7) is 2.56. The van der Waals surface area contributed by atoms with E-state index in [9.17, 15) is 4.79 Å². The van der Waals surface area contributed by atoms with E-state index in [4.69, 9.17) is 5.10 Å². The van der Waals surface area contributed by atoms with E-state index in [0.717, 1.165) is 17.4 Å². The van der Waals surface area contributed by atoms with E-state index in [1.807, 2.05) is 31.2 Å². The first-order valence-electron chi connectivity index (χ1n) is 9.56. The Bertz CT molecular complexity index is 884. The minimum Gasteiger partial charge on any atom is -0.277 e. The maximum absolute atomic E-state index is 12.7. The zero-order chi connectivity index (χ0) is 17.0. The molecule has 1 N–H and O–H groups in total. The van der Waals surface area contributed by atoms with Crippen molar-refractivity contribution in [1.82, 2.24) is 9.55 Å². The molecule has 25 heavy (non-hydrogen) atoms. The van der Waals surface area contributed by atoms with Gasteiger partial charge in [0.1, 0.15) is 0 Å². The number of benzene rings is 1. The Morgan fingerprint density at radius 3 is 2.48 bits per heavy atom. The molecule has 4 bridgehead atoms. The predicted molar refractivity (Wildman–Crippen MR) is 99.8 cm³/mol. The van der Waals surface area contributed by atoms with Crippen molar-refractivity contribution in [2.24, 2.45) is 28.8 Å². The van der Waals surface area contributed by atoms with Crippen LogP contribution >= 0.6 is 0 Å². The van der Waals surface area contributed by atoms with Crippen molar-refractivity contribution in [3.8, 4) is 0 Å². The fourth-order valence-electron chi connectivity index (χ4n) is 5.51. The van der Waals surface area contributed by atoms with Crippen LogP contribution in [0.15, 0.2) is 34.2 Å². The molecule has 4 saturated carbocycles. The van der Waals surface area contributed by atoms with Gasteiger partial charge in [0.15, 0.2) is 0 Å². The molecule has 0 aliphatic heterocycles. The summed E-state index contributed by atoms with van der Waals surface area (Å²) < 4.78 is 1.68. The first-order chi connectivity index (χ1) is 12.2. The molecule has 6 rings (SSSR count). The second-order valence-electron chi connectivity index (χ2n) is 7.95. The highest BCUT2D eigenvalue weighted by Crippen LogP contribution is 2.52. The lowest BCUT2D eigenvalue weighted by Gasteiger charge is -2.50. The van der Waals surface area contributed by atoms with Crippen LogP contribution in [0.5, 0.6) is 0 Å². The second kappa shape index (κ2) is 5.68. The normalized spacial score (nSPS) is 30.0. The number of aromatic nitrogens is 2. The van der Waals surface area contributed by atoms with Gasteiger partial charge >= 0.3 is 0 Å².